The number of hydrogen-bond donors (Lipinski definition) is 1. The first-order chi connectivity index (χ1) is 10.3. The number of fused-ring (bicyclic) bond motifs is 1. The van der Waals surface area contributed by atoms with E-state index in [0.717, 1.165) is 11.4 Å². The Labute approximate surface area is 127 Å². The molecule has 0 aliphatic heterocycles. The summed E-state index contributed by atoms with van der Waals surface area (Å²) in [4.78, 5) is 4.45. The molecule has 2 heteroatoms. The minimum absolute atomic E-state index is 0.153. The predicted molar refractivity (Wildman–Crippen MR) is 89.0 cm³/mol. The molecule has 1 saturated carbocycles. The van der Waals surface area contributed by atoms with Crippen LogP contribution in [0.3, 0.4) is 0 Å². The molecule has 2 aromatic rings. The highest BCUT2D eigenvalue weighted by atomic mass is 14.7. The summed E-state index contributed by atoms with van der Waals surface area (Å²) in [5.41, 5.74) is 8.97. The lowest BCUT2D eigenvalue weighted by Crippen LogP contribution is -2.26. The molecule has 0 spiro atoms. The van der Waals surface area contributed by atoms with E-state index >= 15 is 0 Å². The van der Waals surface area contributed by atoms with Crippen molar-refractivity contribution in [2.75, 3.05) is 0 Å². The van der Waals surface area contributed by atoms with Gasteiger partial charge in [0.05, 0.1) is 5.52 Å². The number of aromatic nitrogens is 1. The molecular weight excluding hydrogens is 256 g/mol. The lowest BCUT2D eigenvalue weighted by atomic mass is 9.75. The van der Waals surface area contributed by atoms with Gasteiger partial charge < -0.3 is 5.73 Å². The van der Waals surface area contributed by atoms with E-state index in [1.807, 2.05) is 12.3 Å². The zero-order valence-electron chi connectivity index (χ0n) is 13.0. The molecule has 1 unspecified atom stereocenters. The molecule has 1 heterocycles. The minimum Gasteiger partial charge on any atom is -0.324 e. The van der Waals surface area contributed by atoms with Crippen molar-refractivity contribution < 1.29 is 0 Å². The zero-order valence-corrected chi connectivity index (χ0v) is 13.0. The zero-order chi connectivity index (χ0) is 14.7. The third-order valence-corrected chi connectivity index (χ3v) is 5.13. The molecule has 21 heavy (non-hydrogen) atoms. The van der Waals surface area contributed by atoms with E-state index in [9.17, 15) is 0 Å². The predicted octanol–water partition coefficient (Wildman–Crippen LogP) is 4.84. The molecule has 1 aromatic carbocycles. The lowest BCUT2D eigenvalue weighted by Gasteiger charge is -2.32. The molecule has 112 valence electrons. The van der Waals surface area contributed by atoms with Crippen molar-refractivity contribution in [3.8, 4) is 0 Å². The fourth-order valence-corrected chi connectivity index (χ4v) is 3.92. The van der Waals surface area contributed by atoms with E-state index < -0.39 is 0 Å². The summed E-state index contributed by atoms with van der Waals surface area (Å²) in [7, 11) is 0. The first-order valence-corrected chi connectivity index (χ1v) is 8.38. The SMILES string of the molecule is CCCC1CCC(C(N)c2cccc3ncccc23)CC1. The number of nitrogens with zero attached hydrogens (tertiary/aromatic N) is 1. The van der Waals surface area contributed by atoms with Crippen molar-refractivity contribution in [1.82, 2.24) is 4.98 Å². The average molecular weight is 282 g/mol. The van der Waals surface area contributed by atoms with Gasteiger partial charge in [-0.2, -0.15) is 0 Å². The van der Waals surface area contributed by atoms with Gasteiger partial charge in [0.1, 0.15) is 0 Å². The average Bonchev–Trinajstić information content (AvgIpc) is 2.55. The van der Waals surface area contributed by atoms with Gasteiger partial charge in [-0.15, -0.1) is 0 Å². The van der Waals surface area contributed by atoms with Gasteiger partial charge in [-0.3, -0.25) is 4.98 Å². The van der Waals surface area contributed by atoms with Gasteiger partial charge in [-0.05, 0) is 42.4 Å². The second kappa shape index (κ2) is 6.57. The minimum atomic E-state index is 0.153. The summed E-state index contributed by atoms with van der Waals surface area (Å²) >= 11 is 0. The maximum atomic E-state index is 6.63. The molecule has 1 aliphatic rings. The Kier molecular flexibility index (Phi) is 4.54. The maximum Gasteiger partial charge on any atom is 0.0705 e. The Bertz CT molecular complexity index is 580. The van der Waals surface area contributed by atoms with Crippen LogP contribution in [-0.4, -0.2) is 4.98 Å². The molecule has 0 radical (unpaired) electrons. The number of benzene rings is 1. The van der Waals surface area contributed by atoms with Crippen LogP contribution in [0.25, 0.3) is 10.9 Å². The number of hydrogen-bond acceptors (Lipinski definition) is 2. The van der Waals surface area contributed by atoms with Crippen LogP contribution >= 0.6 is 0 Å². The van der Waals surface area contributed by atoms with Gasteiger partial charge in [0.25, 0.3) is 0 Å². The van der Waals surface area contributed by atoms with E-state index in [4.69, 9.17) is 5.73 Å². The van der Waals surface area contributed by atoms with E-state index in [2.05, 4.69) is 36.2 Å². The van der Waals surface area contributed by atoms with Crippen LogP contribution in [-0.2, 0) is 0 Å². The smallest absolute Gasteiger partial charge is 0.0705 e. The Morgan fingerprint density at radius 1 is 1.14 bits per heavy atom. The van der Waals surface area contributed by atoms with Crippen LogP contribution in [0.2, 0.25) is 0 Å². The summed E-state index contributed by atoms with van der Waals surface area (Å²) in [5, 5.41) is 1.23. The van der Waals surface area contributed by atoms with Gasteiger partial charge in [0.2, 0.25) is 0 Å². The highest BCUT2D eigenvalue weighted by Crippen LogP contribution is 2.38. The van der Waals surface area contributed by atoms with Crippen molar-refractivity contribution in [2.24, 2.45) is 17.6 Å². The van der Waals surface area contributed by atoms with Crippen LogP contribution < -0.4 is 5.73 Å². The highest BCUT2D eigenvalue weighted by molar-refractivity contribution is 5.82. The molecule has 1 atom stereocenters. The number of pyridine rings is 1. The molecule has 1 fully saturated rings. The van der Waals surface area contributed by atoms with Gasteiger partial charge in [0, 0.05) is 17.6 Å². The molecule has 0 bridgehead atoms. The van der Waals surface area contributed by atoms with Crippen molar-refractivity contribution in [3.05, 3.63) is 42.1 Å². The van der Waals surface area contributed by atoms with Crippen molar-refractivity contribution >= 4 is 10.9 Å². The summed E-state index contributed by atoms with van der Waals surface area (Å²) in [5.74, 6) is 1.57. The highest BCUT2D eigenvalue weighted by Gasteiger charge is 2.26. The molecule has 0 amide bonds. The Hall–Kier alpha value is -1.41. The number of rotatable bonds is 4. The maximum absolute atomic E-state index is 6.63. The fourth-order valence-electron chi connectivity index (χ4n) is 3.92. The van der Waals surface area contributed by atoms with Crippen LogP contribution in [0, 0.1) is 11.8 Å². The summed E-state index contributed by atoms with van der Waals surface area (Å²) in [6.07, 6.45) is 9.83. The van der Waals surface area contributed by atoms with Crippen molar-refractivity contribution in [2.45, 2.75) is 51.5 Å². The van der Waals surface area contributed by atoms with Crippen LogP contribution in [0.4, 0.5) is 0 Å². The summed E-state index contributed by atoms with van der Waals surface area (Å²) < 4.78 is 0. The lowest BCUT2D eigenvalue weighted by molar-refractivity contribution is 0.235. The van der Waals surface area contributed by atoms with Gasteiger partial charge in [-0.1, -0.05) is 50.8 Å². The van der Waals surface area contributed by atoms with Gasteiger partial charge in [-0.25, -0.2) is 0 Å². The number of nitrogens with two attached hydrogens (primary N) is 1. The van der Waals surface area contributed by atoms with E-state index in [-0.39, 0.29) is 6.04 Å². The topological polar surface area (TPSA) is 38.9 Å². The second-order valence-corrected chi connectivity index (χ2v) is 6.51. The molecule has 2 N–H and O–H groups in total. The first-order valence-electron chi connectivity index (χ1n) is 8.38. The summed E-state index contributed by atoms with van der Waals surface area (Å²) in [6, 6.07) is 10.7. The Balaban J connectivity index is 1.77. The van der Waals surface area contributed by atoms with Crippen molar-refractivity contribution in [1.29, 1.82) is 0 Å². The quantitative estimate of drug-likeness (QED) is 0.871. The van der Waals surface area contributed by atoms with Crippen LogP contribution in [0.5, 0.6) is 0 Å². The molecule has 1 aromatic heterocycles. The Morgan fingerprint density at radius 3 is 2.71 bits per heavy atom. The standard InChI is InChI=1S/C19H26N2/c1-2-5-14-9-11-15(12-10-14)19(20)17-6-3-8-18-16(17)7-4-13-21-18/h3-4,6-8,13-15,19H,2,5,9-12,20H2,1H3. The van der Waals surface area contributed by atoms with Crippen LogP contribution in [0.1, 0.15) is 57.1 Å². The van der Waals surface area contributed by atoms with E-state index in [0.29, 0.717) is 5.92 Å². The Morgan fingerprint density at radius 2 is 1.95 bits per heavy atom. The van der Waals surface area contributed by atoms with Crippen LogP contribution in [0.15, 0.2) is 36.5 Å². The molecule has 1 aliphatic carbocycles. The van der Waals surface area contributed by atoms with Gasteiger partial charge >= 0.3 is 0 Å². The fraction of sp³-hybridized carbons (Fsp3) is 0.526. The van der Waals surface area contributed by atoms with Gasteiger partial charge in [0.15, 0.2) is 0 Å². The van der Waals surface area contributed by atoms with E-state index in [1.165, 1.54) is 49.5 Å². The summed E-state index contributed by atoms with van der Waals surface area (Å²) in [6.45, 7) is 2.29. The largest absolute Gasteiger partial charge is 0.324 e. The first kappa shape index (κ1) is 14.5. The third kappa shape index (κ3) is 3.11. The third-order valence-electron chi connectivity index (χ3n) is 5.13. The van der Waals surface area contributed by atoms with Crippen molar-refractivity contribution in [3.63, 3.8) is 0 Å². The van der Waals surface area contributed by atoms with E-state index in [1.54, 1.807) is 0 Å². The monoisotopic (exact) mass is 282 g/mol. The normalized spacial score (nSPS) is 24.1. The molecule has 2 nitrogen and oxygen atoms in total. The second-order valence-electron chi connectivity index (χ2n) is 6.51. The molecule has 3 rings (SSSR count). The molecule has 0 saturated heterocycles. The molecular formula is C19H26N2.